The number of carbonyl (C=O) groups is 1. The summed E-state index contributed by atoms with van der Waals surface area (Å²) in [5.41, 5.74) is 1.46. The van der Waals surface area contributed by atoms with E-state index in [1.807, 2.05) is 19.1 Å². The van der Waals surface area contributed by atoms with Crippen LogP contribution in [0, 0.1) is 22.1 Å². The van der Waals surface area contributed by atoms with Crippen LogP contribution in [0.2, 0.25) is 0 Å². The summed E-state index contributed by atoms with van der Waals surface area (Å²) >= 11 is 2.16. The third-order valence-corrected chi connectivity index (χ3v) is 3.23. The fourth-order valence-corrected chi connectivity index (χ4v) is 2.29. The fourth-order valence-electron chi connectivity index (χ4n) is 1.65. The van der Waals surface area contributed by atoms with Gasteiger partial charge in [0.2, 0.25) is 0 Å². The molecule has 2 aromatic rings. The van der Waals surface area contributed by atoms with Gasteiger partial charge in [0.25, 0.3) is 5.91 Å². The highest BCUT2D eigenvalue weighted by molar-refractivity contribution is 14.1. The second kappa shape index (κ2) is 5.64. The van der Waals surface area contributed by atoms with E-state index in [1.165, 1.54) is 0 Å². The Balaban J connectivity index is 2.25. The van der Waals surface area contributed by atoms with Crippen LogP contribution >= 0.6 is 22.6 Å². The number of anilines is 1. The molecule has 2 nitrogen and oxygen atoms in total. The van der Waals surface area contributed by atoms with E-state index in [0.717, 1.165) is 27.3 Å². The number of amides is 1. The average Bonchev–Trinajstić information content (AvgIpc) is 2.31. The molecule has 0 aliphatic carbocycles. The second-order valence-electron chi connectivity index (χ2n) is 4.07. The number of halogens is 3. The van der Waals surface area contributed by atoms with Crippen molar-refractivity contribution in [3.63, 3.8) is 0 Å². The minimum Gasteiger partial charge on any atom is -0.322 e. The van der Waals surface area contributed by atoms with E-state index in [2.05, 4.69) is 27.9 Å². The Morgan fingerprint density at radius 2 is 1.74 bits per heavy atom. The van der Waals surface area contributed by atoms with Gasteiger partial charge >= 0.3 is 0 Å². The van der Waals surface area contributed by atoms with Gasteiger partial charge in [-0.15, -0.1) is 0 Å². The van der Waals surface area contributed by atoms with Crippen molar-refractivity contribution in [2.75, 3.05) is 5.32 Å². The summed E-state index contributed by atoms with van der Waals surface area (Å²) in [6, 6.07) is 8.23. The van der Waals surface area contributed by atoms with Crippen LogP contribution < -0.4 is 5.32 Å². The molecule has 0 saturated heterocycles. The highest BCUT2D eigenvalue weighted by Crippen LogP contribution is 2.19. The van der Waals surface area contributed by atoms with Crippen LogP contribution in [0.4, 0.5) is 14.5 Å². The van der Waals surface area contributed by atoms with Crippen molar-refractivity contribution in [3.8, 4) is 0 Å². The Kier molecular flexibility index (Phi) is 4.14. The van der Waals surface area contributed by atoms with E-state index >= 15 is 0 Å². The van der Waals surface area contributed by atoms with Crippen molar-refractivity contribution in [3.05, 3.63) is 62.7 Å². The molecular weight excluding hydrogens is 363 g/mol. The highest BCUT2D eigenvalue weighted by Gasteiger charge is 2.10. The molecule has 0 bridgehead atoms. The van der Waals surface area contributed by atoms with Crippen LogP contribution in [0.15, 0.2) is 36.4 Å². The molecule has 1 N–H and O–H groups in total. The van der Waals surface area contributed by atoms with Crippen molar-refractivity contribution < 1.29 is 13.6 Å². The number of nitrogens with one attached hydrogen (secondary N) is 1. The van der Waals surface area contributed by atoms with Crippen LogP contribution in [-0.4, -0.2) is 5.91 Å². The molecule has 0 radical (unpaired) electrons. The number of rotatable bonds is 2. The van der Waals surface area contributed by atoms with Crippen LogP contribution in [-0.2, 0) is 0 Å². The van der Waals surface area contributed by atoms with E-state index < -0.39 is 17.5 Å². The Hall–Kier alpha value is -1.50. The topological polar surface area (TPSA) is 29.1 Å². The smallest absolute Gasteiger partial charge is 0.255 e. The molecular formula is C14H10F2INO. The van der Waals surface area contributed by atoms with Crippen molar-refractivity contribution in [2.45, 2.75) is 6.92 Å². The van der Waals surface area contributed by atoms with Gasteiger partial charge in [0.15, 0.2) is 0 Å². The molecule has 2 rings (SSSR count). The molecule has 0 atom stereocenters. The summed E-state index contributed by atoms with van der Waals surface area (Å²) in [6.45, 7) is 1.85. The molecule has 1 amide bonds. The predicted molar refractivity (Wildman–Crippen MR) is 78.2 cm³/mol. The molecule has 0 aromatic heterocycles. The first-order valence-corrected chi connectivity index (χ1v) is 6.57. The lowest BCUT2D eigenvalue weighted by atomic mass is 10.1. The number of benzene rings is 2. The molecule has 0 aliphatic heterocycles. The Morgan fingerprint density at radius 3 is 2.32 bits per heavy atom. The molecule has 0 unspecified atom stereocenters. The first-order chi connectivity index (χ1) is 8.95. The van der Waals surface area contributed by atoms with Crippen molar-refractivity contribution in [1.29, 1.82) is 0 Å². The van der Waals surface area contributed by atoms with Gasteiger partial charge in [-0.05, 0) is 65.4 Å². The van der Waals surface area contributed by atoms with Gasteiger partial charge in [0.05, 0.1) is 0 Å². The van der Waals surface area contributed by atoms with Gasteiger partial charge in [-0.3, -0.25) is 4.79 Å². The number of carbonyl (C=O) groups excluding carboxylic acids is 1. The average molecular weight is 373 g/mol. The summed E-state index contributed by atoms with van der Waals surface area (Å²) in [6.07, 6.45) is 0. The van der Waals surface area contributed by atoms with Crippen molar-refractivity contribution in [1.82, 2.24) is 0 Å². The molecule has 0 fully saturated rings. The lowest BCUT2D eigenvalue weighted by Crippen LogP contribution is -2.13. The van der Waals surface area contributed by atoms with Gasteiger partial charge in [-0.25, -0.2) is 8.78 Å². The predicted octanol–water partition coefficient (Wildman–Crippen LogP) is 4.13. The summed E-state index contributed by atoms with van der Waals surface area (Å²) in [7, 11) is 0. The van der Waals surface area contributed by atoms with E-state index in [0.29, 0.717) is 5.69 Å². The molecule has 0 heterocycles. The molecule has 0 spiro atoms. The maximum atomic E-state index is 13.0. The quantitative estimate of drug-likeness (QED) is 0.789. The number of hydrogen-bond acceptors (Lipinski definition) is 1. The Labute approximate surface area is 123 Å². The van der Waals surface area contributed by atoms with Crippen molar-refractivity contribution in [2.24, 2.45) is 0 Å². The lowest BCUT2D eigenvalue weighted by molar-refractivity contribution is 0.102. The van der Waals surface area contributed by atoms with Gasteiger partial charge in [0, 0.05) is 20.9 Å². The minimum absolute atomic E-state index is 0.0459. The standard InChI is InChI=1S/C14H10F2INO/c1-8-4-12(17)2-3-13(8)18-14(19)9-5-10(15)7-11(16)6-9/h2-7H,1H3,(H,18,19). The van der Waals surface area contributed by atoms with E-state index in [-0.39, 0.29) is 5.56 Å². The molecule has 0 saturated carbocycles. The zero-order valence-corrected chi connectivity index (χ0v) is 12.2. The summed E-state index contributed by atoms with van der Waals surface area (Å²) in [5, 5.41) is 2.63. The monoisotopic (exact) mass is 373 g/mol. The van der Waals surface area contributed by atoms with Crippen LogP contribution in [0.1, 0.15) is 15.9 Å². The highest BCUT2D eigenvalue weighted by atomic mass is 127. The molecule has 5 heteroatoms. The number of aryl methyl sites for hydroxylation is 1. The van der Waals surface area contributed by atoms with Gasteiger partial charge in [0.1, 0.15) is 11.6 Å². The van der Waals surface area contributed by atoms with Gasteiger partial charge < -0.3 is 5.32 Å². The first-order valence-electron chi connectivity index (χ1n) is 5.49. The fraction of sp³-hybridized carbons (Fsp3) is 0.0714. The maximum absolute atomic E-state index is 13.0. The van der Waals surface area contributed by atoms with Crippen LogP contribution in [0.3, 0.4) is 0 Å². The van der Waals surface area contributed by atoms with E-state index in [9.17, 15) is 13.6 Å². The third kappa shape index (κ3) is 3.50. The Morgan fingerprint density at radius 1 is 1.11 bits per heavy atom. The normalized spacial score (nSPS) is 10.3. The summed E-state index contributed by atoms with van der Waals surface area (Å²) in [4.78, 5) is 11.9. The zero-order chi connectivity index (χ0) is 14.0. The SMILES string of the molecule is Cc1cc(I)ccc1NC(=O)c1cc(F)cc(F)c1. The second-order valence-corrected chi connectivity index (χ2v) is 5.32. The molecule has 0 aliphatic rings. The van der Waals surface area contributed by atoms with Gasteiger partial charge in [-0.2, -0.15) is 0 Å². The van der Waals surface area contributed by atoms with Crippen molar-refractivity contribution >= 4 is 34.2 Å². The number of hydrogen-bond donors (Lipinski definition) is 1. The summed E-state index contributed by atoms with van der Waals surface area (Å²) < 4.78 is 27.1. The Bertz CT molecular complexity index is 623. The van der Waals surface area contributed by atoms with E-state index in [1.54, 1.807) is 6.07 Å². The first kappa shape index (κ1) is 13.9. The summed E-state index contributed by atoms with van der Waals surface area (Å²) in [5.74, 6) is -2.09. The maximum Gasteiger partial charge on any atom is 0.255 e. The molecule has 19 heavy (non-hydrogen) atoms. The van der Waals surface area contributed by atoms with Crippen LogP contribution in [0.5, 0.6) is 0 Å². The molecule has 2 aromatic carbocycles. The van der Waals surface area contributed by atoms with E-state index in [4.69, 9.17) is 0 Å². The van der Waals surface area contributed by atoms with Crippen LogP contribution in [0.25, 0.3) is 0 Å². The minimum atomic E-state index is -0.774. The third-order valence-electron chi connectivity index (χ3n) is 2.56. The van der Waals surface area contributed by atoms with Gasteiger partial charge in [-0.1, -0.05) is 0 Å². The largest absolute Gasteiger partial charge is 0.322 e. The zero-order valence-electron chi connectivity index (χ0n) is 10.0. The lowest BCUT2D eigenvalue weighted by Gasteiger charge is -2.09. The molecule has 98 valence electrons.